The van der Waals surface area contributed by atoms with Crippen LogP contribution in [0.5, 0.6) is 0 Å². The Morgan fingerprint density at radius 2 is 1.61 bits per heavy atom. The maximum atomic E-state index is 14.7. The quantitative estimate of drug-likeness (QED) is 0.111. The van der Waals surface area contributed by atoms with Gasteiger partial charge in [-0.1, -0.05) is 73.1 Å². The SMILES string of the molecule is CC(C)CC[C@H]1CCN(C(=O)[C@@H](NC(O)N[C@H](CN2CCCS2(=O)=O)C(C)(C)C)C2CCCCC2)[C@@H]1C(=O)NC(CC1CC1)C(=O)C(N)=O. The van der Waals surface area contributed by atoms with Gasteiger partial charge in [-0.25, -0.2) is 12.7 Å². The molecule has 0 aromatic carbocycles. The van der Waals surface area contributed by atoms with Gasteiger partial charge in [0, 0.05) is 25.7 Å². The Morgan fingerprint density at radius 3 is 2.16 bits per heavy atom. The number of hydrogen-bond acceptors (Lipinski definition) is 9. The Bertz CT molecular complexity index is 1280. The molecule has 0 bridgehead atoms. The van der Waals surface area contributed by atoms with E-state index in [1.54, 1.807) is 4.90 Å². The number of rotatable bonds is 17. The van der Waals surface area contributed by atoms with Crippen molar-refractivity contribution in [3.63, 3.8) is 0 Å². The maximum Gasteiger partial charge on any atom is 0.287 e. The number of primary amides is 1. The highest BCUT2D eigenvalue weighted by molar-refractivity contribution is 7.89. The average molecular weight is 711 g/mol. The van der Waals surface area contributed by atoms with Crippen molar-refractivity contribution in [3.8, 4) is 0 Å². The molecule has 6 N–H and O–H groups in total. The molecule has 2 heterocycles. The van der Waals surface area contributed by atoms with Crippen LogP contribution in [0.25, 0.3) is 0 Å². The smallest absolute Gasteiger partial charge is 0.287 e. The molecule has 0 radical (unpaired) electrons. The van der Waals surface area contributed by atoms with Crippen molar-refractivity contribution in [2.24, 2.45) is 34.8 Å². The van der Waals surface area contributed by atoms with Crippen LogP contribution in [-0.2, 0) is 29.2 Å². The van der Waals surface area contributed by atoms with E-state index in [0.29, 0.717) is 38.3 Å². The van der Waals surface area contributed by atoms with E-state index in [0.717, 1.165) is 57.8 Å². The number of nitrogens with zero attached hydrogens (tertiary/aromatic N) is 2. The molecule has 49 heavy (non-hydrogen) atoms. The minimum Gasteiger partial charge on any atom is -0.365 e. The lowest BCUT2D eigenvalue weighted by Crippen LogP contribution is -2.63. The van der Waals surface area contributed by atoms with Gasteiger partial charge in [0.15, 0.2) is 6.35 Å². The third-order valence-electron chi connectivity index (χ3n) is 11.0. The molecule has 13 nitrogen and oxygen atoms in total. The fourth-order valence-electron chi connectivity index (χ4n) is 7.80. The normalized spacial score (nSPS) is 26.0. The van der Waals surface area contributed by atoms with Crippen LogP contribution in [0.2, 0.25) is 0 Å². The molecule has 6 atom stereocenters. The second-order valence-electron chi connectivity index (χ2n) is 16.5. The molecule has 2 saturated heterocycles. The molecule has 2 saturated carbocycles. The van der Waals surface area contributed by atoms with Crippen molar-refractivity contribution in [2.75, 3.05) is 25.4 Å². The number of amides is 3. The number of sulfonamides is 1. The Balaban J connectivity index is 1.56. The van der Waals surface area contributed by atoms with E-state index in [1.807, 2.05) is 20.8 Å². The number of carbonyl (C=O) groups is 4. The summed E-state index contributed by atoms with van der Waals surface area (Å²) in [7, 11) is -3.35. The van der Waals surface area contributed by atoms with Gasteiger partial charge >= 0.3 is 0 Å². The number of hydrogen-bond donors (Lipinski definition) is 5. The minimum atomic E-state index is -3.35. The lowest BCUT2D eigenvalue weighted by Gasteiger charge is -2.39. The molecule has 2 aliphatic heterocycles. The summed E-state index contributed by atoms with van der Waals surface area (Å²) in [5.41, 5.74) is 4.95. The van der Waals surface area contributed by atoms with Gasteiger partial charge in [-0.2, -0.15) is 0 Å². The van der Waals surface area contributed by atoms with Crippen LogP contribution in [0, 0.1) is 29.1 Å². The molecule has 3 amide bonds. The summed E-state index contributed by atoms with van der Waals surface area (Å²) in [5, 5.41) is 20.7. The molecule has 4 rings (SSSR count). The zero-order chi connectivity index (χ0) is 36.1. The fourth-order valence-corrected chi connectivity index (χ4v) is 9.33. The Kier molecular flexibility index (Phi) is 13.7. The maximum absolute atomic E-state index is 14.7. The standard InChI is InChI=1S/C35H62N6O7S/c1-22(2)12-15-25-16-18-41(29(25)32(44)37-26(20-23-13-14-23)30(42)31(36)43)33(45)28(24-10-7-6-8-11-24)39-34(46)38-27(35(3,4)5)21-40-17-9-19-49(40,47)48/h22-29,34,38-39,46H,6-21H2,1-5H3,(H2,36,43)(H,37,44)/t25-,26?,27+,28-,29-,34?/m0/s1. The van der Waals surface area contributed by atoms with Crippen molar-refractivity contribution >= 4 is 33.5 Å². The van der Waals surface area contributed by atoms with Crippen LogP contribution < -0.4 is 21.7 Å². The lowest BCUT2D eigenvalue weighted by atomic mass is 9.83. The zero-order valence-corrected chi connectivity index (χ0v) is 31.1. The predicted octanol–water partition coefficient (Wildman–Crippen LogP) is 1.83. The van der Waals surface area contributed by atoms with Gasteiger partial charge < -0.3 is 21.1 Å². The van der Waals surface area contributed by atoms with Crippen molar-refractivity contribution < 1.29 is 32.7 Å². The second kappa shape index (κ2) is 16.9. The number of nitrogens with one attached hydrogen (secondary N) is 3. The van der Waals surface area contributed by atoms with Crippen LogP contribution >= 0.6 is 0 Å². The molecule has 0 aromatic heterocycles. The third-order valence-corrected chi connectivity index (χ3v) is 13.0. The van der Waals surface area contributed by atoms with E-state index in [9.17, 15) is 32.7 Å². The van der Waals surface area contributed by atoms with Gasteiger partial charge in [0.2, 0.25) is 27.6 Å². The molecule has 2 unspecified atom stereocenters. The summed E-state index contributed by atoms with van der Waals surface area (Å²) < 4.78 is 26.7. The van der Waals surface area contributed by atoms with Gasteiger partial charge in [-0.3, -0.25) is 29.8 Å². The number of Topliss-reactive ketones (excluding diaryl/α,β-unsaturated/α-hetero) is 1. The van der Waals surface area contributed by atoms with Crippen molar-refractivity contribution in [3.05, 3.63) is 0 Å². The molecule has 14 heteroatoms. The number of aliphatic hydroxyl groups is 1. The first-order valence-electron chi connectivity index (χ1n) is 18.6. The monoisotopic (exact) mass is 710 g/mol. The van der Waals surface area contributed by atoms with E-state index in [4.69, 9.17) is 5.73 Å². The lowest BCUT2D eigenvalue weighted by molar-refractivity contribution is -0.145. The van der Waals surface area contributed by atoms with Crippen molar-refractivity contribution in [1.29, 1.82) is 0 Å². The number of aliphatic hydroxyl groups excluding tert-OH is 1. The molecular weight excluding hydrogens is 648 g/mol. The van der Waals surface area contributed by atoms with Crippen LogP contribution in [0.15, 0.2) is 0 Å². The fraction of sp³-hybridized carbons (Fsp3) is 0.886. The number of carbonyl (C=O) groups excluding carboxylic acids is 4. The molecule has 280 valence electrons. The Labute approximate surface area is 293 Å². The van der Waals surface area contributed by atoms with Crippen LogP contribution in [0.4, 0.5) is 0 Å². The molecule has 0 aromatic rings. The van der Waals surface area contributed by atoms with Crippen LogP contribution in [0.3, 0.4) is 0 Å². The zero-order valence-electron chi connectivity index (χ0n) is 30.3. The van der Waals surface area contributed by atoms with E-state index in [-0.39, 0.29) is 36.0 Å². The first-order valence-corrected chi connectivity index (χ1v) is 20.2. The molecule has 4 aliphatic rings. The molecular formula is C35H62N6O7S. The highest BCUT2D eigenvalue weighted by atomic mass is 32.2. The molecule has 0 spiro atoms. The van der Waals surface area contributed by atoms with Gasteiger partial charge in [0.25, 0.3) is 5.91 Å². The molecule has 4 fully saturated rings. The Morgan fingerprint density at radius 1 is 0.939 bits per heavy atom. The second-order valence-corrected chi connectivity index (χ2v) is 18.6. The summed E-state index contributed by atoms with van der Waals surface area (Å²) in [6, 6.07) is -3.04. The number of likely N-dealkylation sites (tertiary alicyclic amines) is 1. The van der Waals surface area contributed by atoms with E-state index < -0.39 is 63.6 Å². The topological polar surface area (TPSA) is 191 Å². The first-order chi connectivity index (χ1) is 23.0. The highest BCUT2D eigenvalue weighted by Gasteiger charge is 2.47. The summed E-state index contributed by atoms with van der Waals surface area (Å²) in [6.07, 6.45) is 8.26. The molecule has 2 aliphatic carbocycles. The van der Waals surface area contributed by atoms with Crippen LogP contribution in [0.1, 0.15) is 112 Å². The van der Waals surface area contributed by atoms with Gasteiger partial charge in [-0.15, -0.1) is 0 Å². The first kappa shape index (κ1) is 39.7. The van der Waals surface area contributed by atoms with E-state index >= 15 is 0 Å². The van der Waals surface area contributed by atoms with Gasteiger partial charge in [0.1, 0.15) is 6.04 Å². The third kappa shape index (κ3) is 10.9. The highest BCUT2D eigenvalue weighted by Crippen LogP contribution is 2.36. The summed E-state index contributed by atoms with van der Waals surface area (Å²) in [6.45, 7) is 11.2. The number of ketones is 1. The largest absolute Gasteiger partial charge is 0.365 e. The van der Waals surface area contributed by atoms with Gasteiger partial charge in [0.05, 0.1) is 17.8 Å². The average Bonchev–Trinajstić information content (AvgIpc) is 3.64. The summed E-state index contributed by atoms with van der Waals surface area (Å²) >= 11 is 0. The van der Waals surface area contributed by atoms with Crippen molar-refractivity contribution in [2.45, 2.75) is 142 Å². The predicted molar refractivity (Wildman–Crippen MR) is 187 cm³/mol. The minimum absolute atomic E-state index is 0.0674. The van der Waals surface area contributed by atoms with E-state index in [2.05, 4.69) is 29.8 Å². The van der Waals surface area contributed by atoms with Crippen molar-refractivity contribution in [1.82, 2.24) is 25.2 Å². The summed E-state index contributed by atoms with van der Waals surface area (Å²) in [4.78, 5) is 55.0. The van der Waals surface area contributed by atoms with E-state index in [1.165, 1.54) is 4.31 Å². The van der Waals surface area contributed by atoms with Gasteiger partial charge in [-0.05, 0) is 67.6 Å². The summed E-state index contributed by atoms with van der Waals surface area (Å²) in [5.74, 6) is -2.04. The van der Waals surface area contributed by atoms with Crippen LogP contribution in [-0.4, -0.2) is 102 Å². The number of nitrogens with two attached hydrogens (primary N) is 1. The Hall–Kier alpha value is -2.13.